The molecule has 2 N–H and O–H groups in total. The molecule has 2 rings (SSSR count). The van der Waals surface area contributed by atoms with E-state index in [1.807, 2.05) is 23.9 Å². The van der Waals surface area contributed by atoms with E-state index in [1.165, 1.54) is 5.56 Å². The molecule has 0 atom stereocenters. The number of aromatic nitrogens is 2. The van der Waals surface area contributed by atoms with Crippen molar-refractivity contribution in [3.05, 3.63) is 41.7 Å². The number of nitrogens with two attached hydrogens (primary N) is 1. The lowest BCUT2D eigenvalue weighted by Crippen LogP contribution is -2.13. The van der Waals surface area contributed by atoms with E-state index in [4.69, 9.17) is 5.73 Å². The summed E-state index contributed by atoms with van der Waals surface area (Å²) >= 11 is 0. The number of hydrogen-bond acceptors (Lipinski definition) is 2. The molecular formula is C14H19N3. The molecule has 0 spiro atoms. The Balaban J connectivity index is 2.64. The van der Waals surface area contributed by atoms with Gasteiger partial charge >= 0.3 is 0 Å². The standard InChI is InChI=1S/C14H19N3/c1-10-12(15)8-11(14(2,3)4)9-13(10)17-7-5-6-16-17/h5-9H,15H2,1-4H3. The number of rotatable bonds is 1. The van der Waals surface area contributed by atoms with E-state index in [2.05, 4.69) is 38.0 Å². The van der Waals surface area contributed by atoms with Gasteiger partial charge in [-0.3, -0.25) is 0 Å². The lowest BCUT2D eigenvalue weighted by Gasteiger charge is -2.22. The molecule has 1 aromatic heterocycles. The molecular weight excluding hydrogens is 210 g/mol. The van der Waals surface area contributed by atoms with E-state index in [0.717, 1.165) is 16.9 Å². The van der Waals surface area contributed by atoms with Crippen LogP contribution in [0, 0.1) is 6.92 Å². The predicted molar refractivity (Wildman–Crippen MR) is 71.4 cm³/mol. The van der Waals surface area contributed by atoms with Crippen LogP contribution in [-0.4, -0.2) is 9.78 Å². The van der Waals surface area contributed by atoms with Crippen LogP contribution in [0.1, 0.15) is 31.9 Å². The van der Waals surface area contributed by atoms with Crippen LogP contribution in [0.2, 0.25) is 0 Å². The Labute approximate surface area is 102 Å². The van der Waals surface area contributed by atoms with Gasteiger partial charge in [-0.2, -0.15) is 5.10 Å². The van der Waals surface area contributed by atoms with Crippen LogP contribution in [0.4, 0.5) is 5.69 Å². The van der Waals surface area contributed by atoms with Crippen molar-refractivity contribution in [2.75, 3.05) is 5.73 Å². The third kappa shape index (κ3) is 2.18. The Morgan fingerprint density at radius 3 is 2.47 bits per heavy atom. The molecule has 0 aliphatic rings. The zero-order chi connectivity index (χ0) is 12.6. The lowest BCUT2D eigenvalue weighted by atomic mass is 9.85. The summed E-state index contributed by atoms with van der Waals surface area (Å²) in [5, 5.41) is 4.27. The van der Waals surface area contributed by atoms with Gasteiger partial charge in [0.1, 0.15) is 0 Å². The molecule has 0 aliphatic carbocycles. The van der Waals surface area contributed by atoms with Gasteiger partial charge in [-0.1, -0.05) is 20.8 Å². The molecule has 2 aromatic rings. The number of anilines is 1. The lowest BCUT2D eigenvalue weighted by molar-refractivity contribution is 0.589. The average molecular weight is 229 g/mol. The summed E-state index contributed by atoms with van der Waals surface area (Å²) in [5.41, 5.74) is 10.3. The minimum atomic E-state index is 0.0870. The summed E-state index contributed by atoms with van der Waals surface area (Å²) < 4.78 is 1.86. The van der Waals surface area contributed by atoms with Crippen molar-refractivity contribution in [2.45, 2.75) is 33.1 Å². The minimum Gasteiger partial charge on any atom is -0.398 e. The van der Waals surface area contributed by atoms with E-state index in [-0.39, 0.29) is 5.41 Å². The van der Waals surface area contributed by atoms with Crippen LogP contribution in [0.25, 0.3) is 5.69 Å². The van der Waals surface area contributed by atoms with Crippen molar-refractivity contribution in [2.24, 2.45) is 0 Å². The van der Waals surface area contributed by atoms with Crippen molar-refractivity contribution in [3.8, 4) is 5.69 Å². The summed E-state index contributed by atoms with van der Waals surface area (Å²) in [6.07, 6.45) is 3.72. The van der Waals surface area contributed by atoms with Crippen molar-refractivity contribution in [1.82, 2.24) is 9.78 Å². The van der Waals surface area contributed by atoms with Gasteiger partial charge in [0.2, 0.25) is 0 Å². The third-order valence-corrected chi connectivity index (χ3v) is 3.04. The maximum Gasteiger partial charge on any atom is 0.0698 e. The molecule has 0 aliphatic heterocycles. The molecule has 0 saturated carbocycles. The van der Waals surface area contributed by atoms with Gasteiger partial charge in [0.05, 0.1) is 5.69 Å². The highest BCUT2D eigenvalue weighted by atomic mass is 15.3. The van der Waals surface area contributed by atoms with E-state index >= 15 is 0 Å². The molecule has 90 valence electrons. The fraction of sp³-hybridized carbons (Fsp3) is 0.357. The molecule has 3 heteroatoms. The van der Waals surface area contributed by atoms with E-state index in [1.54, 1.807) is 6.20 Å². The first kappa shape index (κ1) is 11.7. The minimum absolute atomic E-state index is 0.0870. The summed E-state index contributed by atoms with van der Waals surface area (Å²) in [5.74, 6) is 0. The molecule has 0 saturated heterocycles. The smallest absolute Gasteiger partial charge is 0.0698 e. The highest BCUT2D eigenvalue weighted by Crippen LogP contribution is 2.29. The largest absolute Gasteiger partial charge is 0.398 e. The number of benzene rings is 1. The van der Waals surface area contributed by atoms with Gasteiger partial charge in [-0.25, -0.2) is 4.68 Å². The van der Waals surface area contributed by atoms with Crippen molar-refractivity contribution >= 4 is 5.69 Å². The van der Waals surface area contributed by atoms with Gasteiger partial charge in [0.25, 0.3) is 0 Å². The fourth-order valence-electron chi connectivity index (χ4n) is 1.80. The predicted octanol–water partition coefficient (Wildman–Crippen LogP) is 3.06. The van der Waals surface area contributed by atoms with Crippen molar-refractivity contribution in [1.29, 1.82) is 0 Å². The number of nitrogen functional groups attached to an aromatic ring is 1. The zero-order valence-electron chi connectivity index (χ0n) is 10.9. The first-order chi connectivity index (χ1) is 7.89. The SMILES string of the molecule is Cc1c(N)cc(C(C)(C)C)cc1-n1cccn1. The maximum absolute atomic E-state index is 6.08. The Morgan fingerprint density at radius 1 is 1.24 bits per heavy atom. The molecule has 0 fully saturated rings. The summed E-state index contributed by atoms with van der Waals surface area (Å²) in [6.45, 7) is 8.58. The second kappa shape index (κ2) is 3.91. The van der Waals surface area contributed by atoms with Crippen molar-refractivity contribution < 1.29 is 0 Å². The quantitative estimate of drug-likeness (QED) is 0.764. The van der Waals surface area contributed by atoms with Crippen LogP contribution in [0.5, 0.6) is 0 Å². The second-order valence-corrected chi connectivity index (χ2v) is 5.41. The fourth-order valence-corrected chi connectivity index (χ4v) is 1.80. The molecule has 0 radical (unpaired) electrons. The monoisotopic (exact) mass is 229 g/mol. The van der Waals surface area contributed by atoms with Crippen LogP contribution in [-0.2, 0) is 5.41 Å². The van der Waals surface area contributed by atoms with Gasteiger partial charge in [0, 0.05) is 18.1 Å². The Bertz CT molecular complexity index is 519. The van der Waals surface area contributed by atoms with Gasteiger partial charge in [-0.05, 0) is 41.7 Å². The summed E-state index contributed by atoms with van der Waals surface area (Å²) in [7, 11) is 0. The van der Waals surface area contributed by atoms with Gasteiger partial charge in [-0.15, -0.1) is 0 Å². The molecule has 1 aromatic carbocycles. The van der Waals surface area contributed by atoms with E-state index < -0.39 is 0 Å². The van der Waals surface area contributed by atoms with Crippen LogP contribution in [0.15, 0.2) is 30.6 Å². The zero-order valence-corrected chi connectivity index (χ0v) is 10.9. The second-order valence-electron chi connectivity index (χ2n) is 5.41. The number of hydrogen-bond donors (Lipinski definition) is 1. The topological polar surface area (TPSA) is 43.8 Å². The van der Waals surface area contributed by atoms with Crippen LogP contribution < -0.4 is 5.73 Å². The molecule has 0 unspecified atom stereocenters. The highest BCUT2D eigenvalue weighted by molar-refractivity contribution is 5.59. The molecule has 0 amide bonds. The third-order valence-electron chi connectivity index (χ3n) is 3.04. The number of nitrogens with zero attached hydrogens (tertiary/aromatic N) is 2. The van der Waals surface area contributed by atoms with E-state index in [9.17, 15) is 0 Å². The first-order valence-electron chi connectivity index (χ1n) is 5.80. The normalized spacial score (nSPS) is 11.8. The molecule has 17 heavy (non-hydrogen) atoms. The molecule has 3 nitrogen and oxygen atoms in total. The van der Waals surface area contributed by atoms with E-state index in [0.29, 0.717) is 0 Å². The Morgan fingerprint density at radius 2 is 1.94 bits per heavy atom. The average Bonchev–Trinajstić information content (AvgIpc) is 2.73. The first-order valence-corrected chi connectivity index (χ1v) is 5.80. The van der Waals surface area contributed by atoms with Gasteiger partial charge in [0.15, 0.2) is 0 Å². The Hall–Kier alpha value is -1.77. The highest BCUT2D eigenvalue weighted by Gasteiger charge is 2.17. The summed E-state index contributed by atoms with van der Waals surface area (Å²) in [4.78, 5) is 0. The van der Waals surface area contributed by atoms with Gasteiger partial charge < -0.3 is 5.73 Å². The summed E-state index contributed by atoms with van der Waals surface area (Å²) in [6, 6.07) is 6.14. The molecule has 1 heterocycles. The van der Waals surface area contributed by atoms with Crippen molar-refractivity contribution in [3.63, 3.8) is 0 Å². The molecule has 0 bridgehead atoms. The van der Waals surface area contributed by atoms with Crippen LogP contribution in [0.3, 0.4) is 0 Å². The Kier molecular flexibility index (Phi) is 2.69. The maximum atomic E-state index is 6.08. The van der Waals surface area contributed by atoms with Crippen LogP contribution >= 0.6 is 0 Å².